The molecule has 0 spiro atoms. The van der Waals surface area contributed by atoms with E-state index in [9.17, 15) is 19.7 Å². The number of nitrogens with one attached hydrogen (secondary N) is 1. The first-order valence-corrected chi connectivity index (χ1v) is 10.7. The zero-order chi connectivity index (χ0) is 24.0. The summed E-state index contributed by atoms with van der Waals surface area (Å²) in [6.07, 6.45) is 2.55. The van der Waals surface area contributed by atoms with Crippen molar-refractivity contribution < 1.29 is 19.2 Å². The summed E-state index contributed by atoms with van der Waals surface area (Å²) in [4.78, 5) is 40.4. The third-order valence-corrected chi connectivity index (χ3v) is 5.97. The van der Waals surface area contributed by atoms with Gasteiger partial charge in [0, 0.05) is 29.8 Å². The fraction of sp³-hybridized carbons (Fsp3) is 0.250. The number of nitro groups is 1. The Morgan fingerprint density at radius 1 is 1.21 bits per heavy atom. The van der Waals surface area contributed by atoms with Crippen molar-refractivity contribution in [2.45, 2.75) is 32.7 Å². The average Bonchev–Trinajstić information content (AvgIpc) is 3.25. The van der Waals surface area contributed by atoms with E-state index in [0.29, 0.717) is 24.4 Å². The summed E-state index contributed by atoms with van der Waals surface area (Å²) >= 11 is 0. The number of ether oxygens (including phenoxy) is 1. The van der Waals surface area contributed by atoms with Gasteiger partial charge < -0.3 is 10.1 Å². The van der Waals surface area contributed by atoms with Crippen molar-refractivity contribution in [2.75, 3.05) is 5.32 Å². The van der Waals surface area contributed by atoms with Crippen LogP contribution >= 0.6 is 0 Å². The number of aromatic nitrogens is 3. The van der Waals surface area contributed by atoms with Crippen LogP contribution in [-0.2, 0) is 4.79 Å². The van der Waals surface area contributed by atoms with E-state index < -0.39 is 16.9 Å². The highest BCUT2D eigenvalue weighted by molar-refractivity contribution is 6.00. The van der Waals surface area contributed by atoms with Crippen LogP contribution in [0.1, 0.15) is 48.7 Å². The number of carbonyl (C=O) groups is 2. The first-order chi connectivity index (χ1) is 16.2. The van der Waals surface area contributed by atoms with Gasteiger partial charge in [-0.2, -0.15) is 10.1 Å². The highest BCUT2D eigenvalue weighted by atomic mass is 16.6. The van der Waals surface area contributed by atoms with Crippen LogP contribution in [0.2, 0.25) is 0 Å². The van der Waals surface area contributed by atoms with Crippen molar-refractivity contribution in [3.8, 4) is 5.75 Å². The molecule has 172 valence electrons. The number of rotatable bonds is 4. The number of ketones is 1. The number of fused-ring (bicyclic) bond motifs is 1. The largest absolute Gasteiger partial charge is 0.423 e. The summed E-state index contributed by atoms with van der Waals surface area (Å²) < 4.78 is 7.19. The minimum atomic E-state index is -0.644. The fourth-order valence-corrected chi connectivity index (χ4v) is 4.49. The Labute approximate surface area is 194 Å². The highest BCUT2D eigenvalue weighted by Gasteiger charge is 2.41. The lowest BCUT2D eigenvalue weighted by Gasteiger charge is -2.38. The van der Waals surface area contributed by atoms with Gasteiger partial charge in [-0.3, -0.25) is 14.9 Å². The summed E-state index contributed by atoms with van der Waals surface area (Å²) in [5.41, 5.74) is 2.10. The number of benzene rings is 2. The van der Waals surface area contributed by atoms with E-state index in [4.69, 9.17) is 4.74 Å². The lowest BCUT2D eigenvalue weighted by Crippen LogP contribution is -2.36. The summed E-state index contributed by atoms with van der Waals surface area (Å²) in [6.45, 7) is 4.12. The SMILES string of the molecule is CC1(C)CC(=O)C2=C(C1)Nc1ncnn1C2c1cccc(OC(=O)c2ccc([N+](=O)[O-])cc2)c1. The summed E-state index contributed by atoms with van der Waals surface area (Å²) in [5.74, 6) is 0.224. The number of non-ortho nitro benzene ring substituents is 1. The Balaban J connectivity index is 1.48. The predicted molar refractivity (Wildman–Crippen MR) is 121 cm³/mol. The van der Waals surface area contributed by atoms with E-state index in [2.05, 4.69) is 29.2 Å². The van der Waals surface area contributed by atoms with Crippen molar-refractivity contribution in [1.29, 1.82) is 0 Å². The number of nitro benzene ring substituents is 1. The van der Waals surface area contributed by atoms with Crippen LogP contribution in [0.5, 0.6) is 5.75 Å². The minimum Gasteiger partial charge on any atom is -0.423 e. The standard InChI is InChI=1S/C24H21N5O5/c1-24(2)11-18-20(19(30)12-24)21(28-23(27-18)25-13-26-28)15-4-3-5-17(10-15)34-22(31)14-6-8-16(9-7-14)29(32)33/h3-10,13,21H,11-12H2,1-2H3,(H,25,26,27). The van der Waals surface area contributed by atoms with Gasteiger partial charge in [-0.25, -0.2) is 9.48 Å². The van der Waals surface area contributed by atoms with E-state index in [0.717, 1.165) is 11.3 Å². The third kappa shape index (κ3) is 3.83. The molecule has 3 aromatic rings. The average molecular weight is 459 g/mol. The molecule has 2 aliphatic rings. The monoisotopic (exact) mass is 459 g/mol. The van der Waals surface area contributed by atoms with Crippen molar-refractivity contribution in [3.63, 3.8) is 0 Å². The molecule has 10 heteroatoms. The zero-order valence-electron chi connectivity index (χ0n) is 18.5. The Bertz CT molecular complexity index is 1360. The molecule has 1 unspecified atom stereocenters. The third-order valence-electron chi connectivity index (χ3n) is 5.97. The van der Waals surface area contributed by atoms with Crippen LogP contribution in [0.4, 0.5) is 11.6 Å². The number of Topliss-reactive ketones (excluding diaryl/α,β-unsaturated/α-hetero) is 1. The smallest absolute Gasteiger partial charge is 0.343 e. The second-order valence-corrected chi connectivity index (χ2v) is 9.15. The van der Waals surface area contributed by atoms with Crippen molar-refractivity contribution in [3.05, 3.63) is 87.4 Å². The van der Waals surface area contributed by atoms with Gasteiger partial charge in [-0.1, -0.05) is 26.0 Å². The van der Waals surface area contributed by atoms with Crippen molar-refractivity contribution in [1.82, 2.24) is 14.8 Å². The number of esters is 1. The fourth-order valence-electron chi connectivity index (χ4n) is 4.49. The summed E-state index contributed by atoms with van der Waals surface area (Å²) in [5, 5.41) is 18.4. The molecule has 5 rings (SSSR count). The van der Waals surface area contributed by atoms with Crippen LogP contribution in [0.15, 0.2) is 66.1 Å². The normalized spacial score (nSPS) is 18.5. The zero-order valence-corrected chi connectivity index (χ0v) is 18.5. The minimum absolute atomic E-state index is 0.0400. The molecule has 10 nitrogen and oxygen atoms in total. The van der Waals surface area contributed by atoms with Gasteiger partial charge in [0.05, 0.1) is 10.5 Å². The van der Waals surface area contributed by atoms with Gasteiger partial charge in [-0.05, 0) is 41.7 Å². The molecule has 0 bridgehead atoms. The quantitative estimate of drug-likeness (QED) is 0.268. The first kappa shape index (κ1) is 21.5. The van der Waals surface area contributed by atoms with Gasteiger partial charge >= 0.3 is 5.97 Å². The molecule has 1 aliphatic carbocycles. The predicted octanol–water partition coefficient (Wildman–Crippen LogP) is 4.06. The molecule has 1 aromatic heterocycles. The second-order valence-electron chi connectivity index (χ2n) is 9.15. The molecule has 1 aliphatic heterocycles. The number of nitrogens with zero attached hydrogens (tertiary/aromatic N) is 4. The Kier molecular flexibility index (Phi) is 5.00. The van der Waals surface area contributed by atoms with E-state index in [-0.39, 0.29) is 28.2 Å². The lowest BCUT2D eigenvalue weighted by atomic mass is 9.73. The first-order valence-electron chi connectivity index (χ1n) is 10.7. The van der Waals surface area contributed by atoms with E-state index in [1.807, 2.05) is 6.07 Å². The van der Waals surface area contributed by atoms with Crippen molar-refractivity contribution in [2.24, 2.45) is 5.41 Å². The summed E-state index contributed by atoms with van der Waals surface area (Å²) in [6, 6.07) is 11.6. The number of carbonyl (C=O) groups excluding carboxylic acids is 2. The van der Waals surface area contributed by atoms with Gasteiger partial charge in [-0.15, -0.1) is 0 Å². The molecule has 0 saturated carbocycles. The topological polar surface area (TPSA) is 129 Å². The molecule has 1 atom stereocenters. The van der Waals surface area contributed by atoms with Crippen LogP contribution in [-0.4, -0.2) is 31.4 Å². The maximum atomic E-state index is 13.2. The number of allylic oxidation sites excluding steroid dienone is 2. The number of hydrogen-bond acceptors (Lipinski definition) is 8. The molecule has 0 saturated heterocycles. The molecule has 1 N–H and O–H groups in total. The number of anilines is 1. The molecule has 2 aromatic carbocycles. The molecule has 2 heterocycles. The lowest BCUT2D eigenvalue weighted by molar-refractivity contribution is -0.384. The van der Waals surface area contributed by atoms with Crippen LogP contribution < -0.4 is 10.1 Å². The highest BCUT2D eigenvalue weighted by Crippen LogP contribution is 2.45. The van der Waals surface area contributed by atoms with E-state index in [1.54, 1.807) is 22.9 Å². The molecule has 0 amide bonds. The van der Waals surface area contributed by atoms with Crippen molar-refractivity contribution >= 4 is 23.4 Å². The summed E-state index contributed by atoms with van der Waals surface area (Å²) in [7, 11) is 0. The maximum absolute atomic E-state index is 13.2. The number of hydrogen-bond donors (Lipinski definition) is 1. The molecule has 0 fully saturated rings. The Hall–Kier alpha value is -4.34. The Morgan fingerprint density at radius 3 is 2.71 bits per heavy atom. The van der Waals surface area contributed by atoms with E-state index >= 15 is 0 Å². The molecule has 0 radical (unpaired) electrons. The molecule has 34 heavy (non-hydrogen) atoms. The van der Waals surface area contributed by atoms with Gasteiger partial charge in [0.2, 0.25) is 5.95 Å². The van der Waals surface area contributed by atoms with Gasteiger partial charge in [0.1, 0.15) is 18.1 Å². The van der Waals surface area contributed by atoms with Crippen LogP contribution in [0.25, 0.3) is 0 Å². The molecular weight excluding hydrogens is 438 g/mol. The second kappa shape index (κ2) is 7.91. The molecular formula is C24H21N5O5. The van der Waals surface area contributed by atoms with Crippen LogP contribution in [0, 0.1) is 15.5 Å². The van der Waals surface area contributed by atoms with Gasteiger partial charge in [0.25, 0.3) is 5.69 Å². The van der Waals surface area contributed by atoms with Crippen LogP contribution in [0.3, 0.4) is 0 Å². The maximum Gasteiger partial charge on any atom is 0.343 e. The Morgan fingerprint density at radius 2 is 1.97 bits per heavy atom. The van der Waals surface area contributed by atoms with Gasteiger partial charge in [0.15, 0.2) is 5.78 Å². The van der Waals surface area contributed by atoms with E-state index in [1.165, 1.54) is 30.6 Å².